The summed E-state index contributed by atoms with van der Waals surface area (Å²) in [5, 5.41) is 17.0. The zero-order valence-electron chi connectivity index (χ0n) is 17.9. The highest BCUT2D eigenvalue weighted by atomic mass is 32.2. The second-order valence-corrected chi connectivity index (χ2v) is 9.51. The van der Waals surface area contributed by atoms with Gasteiger partial charge in [0.15, 0.2) is 0 Å². The molecule has 0 bridgehead atoms. The molecule has 0 saturated carbocycles. The Balaban J connectivity index is 1.31. The maximum atomic E-state index is 12.7. The third-order valence-corrected chi connectivity index (χ3v) is 7.37. The van der Waals surface area contributed by atoms with Gasteiger partial charge in [-0.2, -0.15) is 0 Å². The lowest BCUT2D eigenvalue weighted by Gasteiger charge is -2.14. The second kappa shape index (κ2) is 9.66. The van der Waals surface area contributed by atoms with Crippen LogP contribution in [0.3, 0.4) is 0 Å². The summed E-state index contributed by atoms with van der Waals surface area (Å²) >= 11 is 2.81. The summed E-state index contributed by atoms with van der Waals surface area (Å²) in [6.07, 6.45) is 3.47. The maximum absolute atomic E-state index is 12.7. The van der Waals surface area contributed by atoms with E-state index in [1.807, 2.05) is 60.0 Å². The third kappa shape index (κ3) is 4.52. The number of thioether (sulfide) groups is 1. The molecule has 0 spiro atoms. The molecular weight excluding hydrogens is 468 g/mol. The first-order valence-corrected chi connectivity index (χ1v) is 12.4. The lowest BCUT2D eigenvalue weighted by molar-refractivity contribution is -0.141. The number of nitrogens with one attached hydrogen (secondary N) is 2. The minimum absolute atomic E-state index is 0.0495. The van der Waals surface area contributed by atoms with Crippen LogP contribution in [-0.2, 0) is 16.0 Å². The van der Waals surface area contributed by atoms with Crippen molar-refractivity contribution in [2.24, 2.45) is 0 Å². The van der Waals surface area contributed by atoms with Crippen molar-refractivity contribution in [3.8, 4) is 11.1 Å². The van der Waals surface area contributed by atoms with Gasteiger partial charge in [-0.3, -0.25) is 4.79 Å². The third-order valence-electron chi connectivity index (χ3n) is 5.49. The quantitative estimate of drug-likeness (QED) is 0.215. The number of para-hydroxylation sites is 1. The Labute approximate surface area is 203 Å². The van der Waals surface area contributed by atoms with Gasteiger partial charge in [0, 0.05) is 34.5 Å². The van der Waals surface area contributed by atoms with Gasteiger partial charge in [0.05, 0.1) is 11.1 Å². The number of fused-ring (bicyclic) bond motifs is 2. The molecule has 0 aliphatic carbocycles. The standard InChI is InChI=1S/C25H20N4O3S2/c30-21(29-20(25(31)32)10-16-11-26-19-9-5-4-8-17(16)19)13-34-24-22-18(15-6-2-1-3-7-15)12-33-23(22)27-14-28-24/h1-9,11-12,14,20,26H,10,13H2,(H,29,30)(H,31,32)/t20-/m1/s1. The predicted molar refractivity (Wildman–Crippen MR) is 135 cm³/mol. The number of carboxylic acids is 1. The highest BCUT2D eigenvalue weighted by Crippen LogP contribution is 2.37. The van der Waals surface area contributed by atoms with Gasteiger partial charge in [0.25, 0.3) is 0 Å². The van der Waals surface area contributed by atoms with Crippen LogP contribution >= 0.6 is 23.1 Å². The molecule has 170 valence electrons. The van der Waals surface area contributed by atoms with Gasteiger partial charge in [-0.05, 0) is 17.2 Å². The van der Waals surface area contributed by atoms with Gasteiger partial charge >= 0.3 is 5.97 Å². The van der Waals surface area contributed by atoms with Crippen LogP contribution in [0.1, 0.15) is 5.56 Å². The van der Waals surface area contributed by atoms with Crippen molar-refractivity contribution in [2.45, 2.75) is 17.5 Å². The van der Waals surface area contributed by atoms with E-state index in [0.29, 0.717) is 5.03 Å². The topological polar surface area (TPSA) is 108 Å². The van der Waals surface area contributed by atoms with Crippen molar-refractivity contribution in [1.29, 1.82) is 0 Å². The number of H-pyrrole nitrogens is 1. The molecule has 5 rings (SSSR count). The smallest absolute Gasteiger partial charge is 0.326 e. The zero-order valence-corrected chi connectivity index (χ0v) is 19.5. The van der Waals surface area contributed by atoms with Crippen molar-refractivity contribution >= 4 is 56.1 Å². The summed E-state index contributed by atoms with van der Waals surface area (Å²) in [7, 11) is 0. The van der Waals surface area contributed by atoms with Crippen molar-refractivity contribution in [3.63, 3.8) is 0 Å². The fourth-order valence-electron chi connectivity index (χ4n) is 3.88. The Morgan fingerprint density at radius 1 is 1.09 bits per heavy atom. The zero-order chi connectivity index (χ0) is 23.5. The summed E-state index contributed by atoms with van der Waals surface area (Å²) < 4.78 is 0. The van der Waals surface area contributed by atoms with Crippen LogP contribution in [0.5, 0.6) is 0 Å². The van der Waals surface area contributed by atoms with E-state index >= 15 is 0 Å². The Morgan fingerprint density at radius 2 is 1.88 bits per heavy atom. The van der Waals surface area contributed by atoms with Gasteiger partial charge in [0.1, 0.15) is 22.2 Å². The monoisotopic (exact) mass is 488 g/mol. The first-order valence-electron chi connectivity index (χ1n) is 10.6. The number of aromatic amines is 1. The van der Waals surface area contributed by atoms with Crippen LogP contribution in [0.2, 0.25) is 0 Å². The molecule has 34 heavy (non-hydrogen) atoms. The minimum atomic E-state index is -1.07. The van der Waals surface area contributed by atoms with Crippen LogP contribution in [0.25, 0.3) is 32.2 Å². The highest BCUT2D eigenvalue weighted by Gasteiger charge is 2.22. The number of carbonyl (C=O) groups is 2. The van der Waals surface area contributed by atoms with E-state index in [1.165, 1.54) is 29.4 Å². The number of benzene rings is 2. The summed E-state index contributed by atoms with van der Waals surface area (Å²) in [6, 6.07) is 16.6. The number of aliphatic carboxylic acids is 1. The van der Waals surface area contributed by atoms with Gasteiger partial charge < -0.3 is 15.4 Å². The Morgan fingerprint density at radius 3 is 2.71 bits per heavy atom. The van der Waals surface area contributed by atoms with Crippen molar-refractivity contribution < 1.29 is 14.7 Å². The Kier molecular flexibility index (Phi) is 6.29. The molecule has 7 nitrogen and oxygen atoms in total. The average Bonchev–Trinajstić information content (AvgIpc) is 3.48. The predicted octanol–water partition coefficient (Wildman–Crippen LogP) is 4.74. The van der Waals surface area contributed by atoms with E-state index in [1.54, 1.807) is 6.20 Å². The number of aromatic nitrogens is 3. The van der Waals surface area contributed by atoms with Crippen LogP contribution in [-0.4, -0.2) is 43.7 Å². The summed E-state index contributed by atoms with van der Waals surface area (Å²) in [6.45, 7) is 0. The van der Waals surface area contributed by atoms with E-state index in [2.05, 4.69) is 20.3 Å². The van der Waals surface area contributed by atoms with Crippen molar-refractivity contribution in [3.05, 3.63) is 78.1 Å². The maximum Gasteiger partial charge on any atom is 0.326 e. The normalized spacial score (nSPS) is 12.1. The largest absolute Gasteiger partial charge is 0.480 e. The van der Waals surface area contributed by atoms with Crippen LogP contribution in [0.4, 0.5) is 0 Å². The molecule has 5 aromatic rings. The van der Waals surface area contributed by atoms with Gasteiger partial charge in [-0.25, -0.2) is 14.8 Å². The first-order chi connectivity index (χ1) is 16.6. The molecule has 0 saturated heterocycles. The van der Waals surface area contributed by atoms with Crippen LogP contribution in [0, 0.1) is 0 Å². The number of hydrogen-bond acceptors (Lipinski definition) is 6. The lowest BCUT2D eigenvalue weighted by Crippen LogP contribution is -2.43. The molecule has 3 heterocycles. The van der Waals surface area contributed by atoms with E-state index in [4.69, 9.17) is 0 Å². The van der Waals surface area contributed by atoms with Gasteiger partial charge in [0.2, 0.25) is 5.91 Å². The number of carbonyl (C=O) groups excluding carboxylic acids is 1. The van der Waals surface area contributed by atoms with Crippen molar-refractivity contribution in [2.75, 3.05) is 5.75 Å². The fraction of sp³-hybridized carbons (Fsp3) is 0.120. The van der Waals surface area contributed by atoms with E-state index < -0.39 is 12.0 Å². The van der Waals surface area contributed by atoms with Gasteiger partial charge in [-0.1, -0.05) is 60.3 Å². The number of nitrogens with zero attached hydrogens (tertiary/aromatic N) is 2. The first kappa shape index (κ1) is 22.1. The van der Waals surface area contributed by atoms with E-state index in [9.17, 15) is 14.7 Å². The molecule has 2 aromatic carbocycles. The highest BCUT2D eigenvalue weighted by molar-refractivity contribution is 8.00. The van der Waals surface area contributed by atoms with Crippen molar-refractivity contribution in [1.82, 2.24) is 20.3 Å². The molecule has 9 heteroatoms. The number of hydrogen-bond donors (Lipinski definition) is 3. The van der Waals surface area contributed by atoms with E-state index in [0.717, 1.165) is 37.8 Å². The molecule has 0 aliphatic rings. The molecule has 1 atom stereocenters. The molecule has 0 fully saturated rings. The Bertz CT molecular complexity index is 1480. The molecular formula is C25H20N4O3S2. The molecule has 0 unspecified atom stereocenters. The summed E-state index contributed by atoms with van der Waals surface area (Å²) in [5.41, 5.74) is 3.85. The van der Waals surface area contributed by atoms with Gasteiger partial charge in [-0.15, -0.1) is 11.3 Å². The molecule has 3 N–H and O–H groups in total. The Hall–Kier alpha value is -3.69. The number of rotatable bonds is 8. The molecule has 3 aromatic heterocycles. The molecule has 0 radical (unpaired) electrons. The van der Waals surface area contributed by atoms with Crippen LogP contribution < -0.4 is 5.32 Å². The van der Waals surface area contributed by atoms with Crippen LogP contribution in [0.15, 0.2) is 77.5 Å². The SMILES string of the molecule is O=C(CSc1ncnc2scc(-c3ccccc3)c12)N[C@H](Cc1c[nH]c2ccccc12)C(=O)O. The van der Waals surface area contributed by atoms with E-state index in [-0.39, 0.29) is 18.1 Å². The molecule has 1 amide bonds. The second-order valence-electron chi connectivity index (χ2n) is 7.69. The summed E-state index contributed by atoms with van der Waals surface area (Å²) in [4.78, 5) is 37.3. The summed E-state index contributed by atoms with van der Waals surface area (Å²) in [5.74, 6) is -1.38. The molecule has 0 aliphatic heterocycles. The average molecular weight is 489 g/mol. The number of thiophene rings is 1. The number of amides is 1. The minimum Gasteiger partial charge on any atom is -0.480 e. The number of carboxylic acid groups (broad SMARTS) is 1. The lowest BCUT2D eigenvalue weighted by atomic mass is 10.1. The fourth-order valence-corrected chi connectivity index (χ4v) is 5.68.